The molecule has 0 aliphatic heterocycles. The van der Waals surface area contributed by atoms with E-state index in [1.165, 1.54) is 276 Å². The Bertz CT molecular complexity index is 1110. The first-order valence-corrected chi connectivity index (χ1v) is 32.1. The first kappa shape index (κ1) is 69.3. The molecule has 2 unspecified atom stereocenters. The van der Waals surface area contributed by atoms with Crippen LogP contribution in [0.4, 0.5) is 0 Å². The lowest BCUT2D eigenvalue weighted by molar-refractivity contribution is -0.143. The zero-order valence-corrected chi connectivity index (χ0v) is 48.0. The number of allylic oxidation sites excluding steroid dienone is 3. The van der Waals surface area contributed by atoms with E-state index in [1.54, 1.807) is 6.08 Å². The number of unbranched alkanes of at least 4 members (excludes halogenated alkanes) is 47. The highest BCUT2D eigenvalue weighted by Crippen LogP contribution is 2.18. The molecular formula is C65H125NO5. The molecule has 0 heterocycles. The third-order valence-electron chi connectivity index (χ3n) is 15.0. The van der Waals surface area contributed by atoms with Gasteiger partial charge in [-0.05, 0) is 57.8 Å². The van der Waals surface area contributed by atoms with Crippen LogP contribution in [0, 0.1) is 0 Å². The van der Waals surface area contributed by atoms with Gasteiger partial charge in [0.15, 0.2) is 0 Å². The van der Waals surface area contributed by atoms with Crippen LogP contribution >= 0.6 is 0 Å². The van der Waals surface area contributed by atoms with Crippen LogP contribution < -0.4 is 5.32 Å². The van der Waals surface area contributed by atoms with Crippen LogP contribution in [-0.4, -0.2) is 47.4 Å². The lowest BCUT2D eigenvalue weighted by atomic mass is 10.0. The molecule has 0 rings (SSSR count). The fourth-order valence-corrected chi connectivity index (χ4v) is 10.0. The van der Waals surface area contributed by atoms with Crippen molar-refractivity contribution in [3.8, 4) is 0 Å². The summed E-state index contributed by atoms with van der Waals surface area (Å²) >= 11 is 0. The Morgan fingerprint density at radius 2 is 0.662 bits per heavy atom. The molecule has 1 amide bonds. The second-order valence-electron chi connectivity index (χ2n) is 22.1. The number of hydrogen-bond donors (Lipinski definition) is 3. The average molecular weight is 1000 g/mol. The maximum Gasteiger partial charge on any atom is 0.305 e. The molecule has 0 aromatic heterocycles. The van der Waals surface area contributed by atoms with Gasteiger partial charge in [-0.2, -0.15) is 0 Å². The molecule has 0 bridgehead atoms. The van der Waals surface area contributed by atoms with Gasteiger partial charge in [0, 0.05) is 12.8 Å². The van der Waals surface area contributed by atoms with Crippen molar-refractivity contribution in [1.82, 2.24) is 5.32 Å². The Labute approximate surface area is 443 Å². The molecule has 6 nitrogen and oxygen atoms in total. The standard InChI is InChI=1S/C65H125NO5/c1-3-5-7-9-11-13-15-17-19-20-21-22-23-24-25-26-27-28-30-33-37-41-45-49-53-57-63(68)62(61-67)66-64(69)58-54-50-46-42-38-34-31-29-32-36-40-44-48-52-56-60-71-65(70)59-55-51-47-43-39-35-18-16-14-12-10-8-6-4-2/h16,18,53,57,62-63,67-68H,3-15,17,19-52,54-56,58-61H2,1-2H3,(H,66,69)/b18-16-,57-53+. The number of nitrogens with one attached hydrogen (secondary N) is 1. The predicted molar refractivity (Wildman–Crippen MR) is 310 cm³/mol. The van der Waals surface area contributed by atoms with E-state index in [4.69, 9.17) is 4.74 Å². The van der Waals surface area contributed by atoms with Gasteiger partial charge >= 0.3 is 5.97 Å². The molecule has 0 aromatic carbocycles. The van der Waals surface area contributed by atoms with E-state index in [-0.39, 0.29) is 18.5 Å². The van der Waals surface area contributed by atoms with Crippen LogP contribution in [0.5, 0.6) is 0 Å². The largest absolute Gasteiger partial charge is 0.466 e. The number of rotatable bonds is 60. The van der Waals surface area contributed by atoms with Gasteiger partial charge in [-0.25, -0.2) is 0 Å². The van der Waals surface area contributed by atoms with Crippen molar-refractivity contribution in [2.24, 2.45) is 0 Å². The highest BCUT2D eigenvalue weighted by atomic mass is 16.5. The molecule has 0 aliphatic rings. The van der Waals surface area contributed by atoms with E-state index < -0.39 is 12.1 Å². The Balaban J connectivity index is 3.46. The summed E-state index contributed by atoms with van der Waals surface area (Å²) < 4.78 is 5.47. The summed E-state index contributed by atoms with van der Waals surface area (Å²) in [6, 6.07) is -0.636. The van der Waals surface area contributed by atoms with Crippen molar-refractivity contribution < 1.29 is 24.5 Å². The third kappa shape index (κ3) is 57.5. The van der Waals surface area contributed by atoms with Gasteiger partial charge < -0.3 is 20.3 Å². The Morgan fingerprint density at radius 1 is 0.380 bits per heavy atom. The predicted octanol–water partition coefficient (Wildman–Crippen LogP) is 20.2. The topological polar surface area (TPSA) is 95.9 Å². The number of amides is 1. The molecule has 0 radical (unpaired) electrons. The van der Waals surface area contributed by atoms with E-state index >= 15 is 0 Å². The number of hydrogen-bond acceptors (Lipinski definition) is 5. The molecule has 0 aliphatic carbocycles. The summed E-state index contributed by atoms with van der Waals surface area (Å²) in [5.74, 6) is -0.0811. The fourth-order valence-electron chi connectivity index (χ4n) is 10.0. The molecule has 71 heavy (non-hydrogen) atoms. The van der Waals surface area contributed by atoms with Crippen LogP contribution in [0.1, 0.15) is 354 Å². The van der Waals surface area contributed by atoms with Crippen LogP contribution in [-0.2, 0) is 14.3 Å². The highest BCUT2D eigenvalue weighted by molar-refractivity contribution is 5.76. The van der Waals surface area contributed by atoms with Crippen LogP contribution in [0.2, 0.25) is 0 Å². The number of esters is 1. The Morgan fingerprint density at radius 3 is 1.00 bits per heavy atom. The number of carbonyl (C=O) groups is 2. The molecule has 0 saturated carbocycles. The van der Waals surface area contributed by atoms with Gasteiger partial charge in [-0.15, -0.1) is 0 Å². The van der Waals surface area contributed by atoms with Gasteiger partial charge in [-0.1, -0.05) is 308 Å². The van der Waals surface area contributed by atoms with E-state index in [2.05, 4.69) is 31.3 Å². The molecule has 0 fully saturated rings. The zero-order valence-electron chi connectivity index (χ0n) is 48.0. The van der Waals surface area contributed by atoms with Gasteiger partial charge in [0.2, 0.25) is 5.91 Å². The average Bonchev–Trinajstić information content (AvgIpc) is 3.37. The second-order valence-corrected chi connectivity index (χ2v) is 22.1. The second kappa shape index (κ2) is 60.9. The molecule has 6 heteroatoms. The minimum Gasteiger partial charge on any atom is -0.466 e. The van der Waals surface area contributed by atoms with E-state index in [1.807, 2.05) is 6.08 Å². The number of carbonyl (C=O) groups excluding carboxylic acids is 2. The molecule has 0 spiro atoms. The third-order valence-corrected chi connectivity index (χ3v) is 15.0. The smallest absolute Gasteiger partial charge is 0.305 e. The van der Waals surface area contributed by atoms with Crippen molar-refractivity contribution in [2.75, 3.05) is 13.2 Å². The minimum absolute atomic E-state index is 0.00813. The maximum atomic E-state index is 12.5. The van der Waals surface area contributed by atoms with Gasteiger partial charge in [-0.3, -0.25) is 9.59 Å². The number of aliphatic hydroxyl groups is 2. The summed E-state index contributed by atoms with van der Waals surface area (Å²) in [7, 11) is 0. The first-order valence-electron chi connectivity index (χ1n) is 32.1. The van der Waals surface area contributed by atoms with Crippen LogP contribution in [0.3, 0.4) is 0 Å². The number of ether oxygens (including phenoxy) is 1. The summed E-state index contributed by atoms with van der Waals surface area (Å²) in [5.41, 5.74) is 0. The fraction of sp³-hybridized carbons (Fsp3) is 0.908. The zero-order chi connectivity index (χ0) is 51.4. The number of aliphatic hydroxyl groups excluding tert-OH is 2. The van der Waals surface area contributed by atoms with Crippen molar-refractivity contribution in [3.05, 3.63) is 24.3 Å². The molecule has 0 saturated heterocycles. The summed E-state index contributed by atoms with van der Waals surface area (Å²) in [5, 5.41) is 23.2. The quantitative estimate of drug-likeness (QED) is 0.0320. The van der Waals surface area contributed by atoms with Crippen LogP contribution in [0.15, 0.2) is 24.3 Å². The van der Waals surface area contributed by atoms with E-state index in [0.717, 1.165) is 51.4 Å². The molecule has 420 valence electrons. The molecular weight excluding hydrogens is 875 g/mol. The van der Waals surface area contributed by atoms with Gasteiger partial charge in [0.05, 0.1) is 25.4 Å². The molecule has 0 aromatic rings. The highest BCUT2D eigenvalue weighted by Gasteiger charge is 2.18. The van der Waals surface area contributed by atoms with E-state index in [9.17, 15) is 19.8 Å². The maximum absolute atomic E-state index is 12.5. The van der Waals surface area contributed by atoms with Gasteiger partial charge in [0.25, 0.3) is 0 Å². The SMILES string of the molecule is CCCCCCC/C=C\CCCCCCCC(=O)OCCCCCCCCCCCCCCCCCC(=O)NC(CO)C(O)/C=C/CCCCCCCCCCCCCCCCCCCCCCCCC. The van der Waals surface area contributed by atoms with Gasteiger partial charge in [0.1, 0.15) is 0 Å². The first-order chi connectivity index (χ1) is 35.0. The van der Waals surface area contributed by atoms with Crippen LogP contribution in [0.25, 0.3) is 0 Å². The molecule has 2 atom stereocenters. The normalized spacial score (nSPS) is 12.7. The minimum atomic E-state index is -0.852. The summed E-state index contributed by atoms with van der Waals surface area (Å²) in [4.78, 5) is 24.6. The van der Waals surface area contributed by atoms with Crippen molar-refractivity contribution >= 4 is 11.9 Å². The lowest BCUT2D eigenvalue weighted by Crippen LogP contribution is -2.45. The van der Waals surface area contributed by atoms with Crippen molar-refractivity contribution in [3.63, 3.8) is 0 Å². The van der Waals surface area contributed by atoms with Crippen molar-refractivity contribution in [2.45, 2.75) is 366 Å². The Hall–Kier alpha value is -1.66. The summed E-state index contributed by atoms with van der Waals surface area (Å²) in [6.45, 7) is 4.90. The molecule has 3 N–H and O–H groups in total. The van der Waals surface area contributed by atoms with Crippen molar-refractivity contribution in [1.29, 1.82) is 0 Å². The lowest BCUT2D eigenvalue weighted by Gasteiger charge is -2.20. The summed E-state index contributed by atoms with van der Waals surface area (Å²) in [6.07, 6.45) is 75.0. The monoisotopic (exact) mass is 1000 g/mol. The van der Waals surface area contributed by atoms with E-state index in [0.29, 0.717) is 19.4 Å². The Kier molecular flexibility index (Phi) is 59.5.